The third-order valence-corrected chi connectivity index (χ3v) is 5.03. The zero-order chi connectivity index (χ0) is 19.5. The Bertz CT molecular complexity index is 1140. The van der Waals surface area contributed by atoms with Crippen LogP contribution in [0, 0.1) is 0 Å². The second kappa shape index (κ2) is 8.00. The summed E-state index contributed by atoms with van der Waals surface area (Å²) in [7, 11) is 0. The van der Waals surface area contributed by atoms with Crippen molar-refractivity contribution in [2.75, 3.05) is 0 Å². The number of carbonyl (C=O) groups excluding carboxylic acids is 1. The van der Waals surface area contributed by atoms with Crippen LogP contribution in [0.2, 0.25) is 10.0 Å². The number of halogens is 2. The number of pyridine rings is 1. The number of fused-ring (bicyclic) bond motifs is 1. The molecule has 1 N–H and O–H groups in total. The van der Waals surface area contributed by atoms with E-state index in [0.717, 1.165) is 17.0 Å². The van der Waals surface area contributed by atoms with E-state index in [1.807, 2.05) is 46.9 Å². The summed E-state index contributed by atoms with van der Waals surface area (Å²) in [6.45, 7) is 0.357. The van der Waals surface area contributed by atoms with Crippen LogP contribution in [-0.2, 0) is 13.0 Å². The summed E-state index contributed by atoms with van der Waals surface area (Å²) in [6, 6.07) is 18.5. The predicted molar refractivity (Wildman–Crippen MR) is 110 cm³/mol. The Morgan fingerprint density at radius 2 is 1.75 bits per heavy atom. The Morgan fingerprint density at radius 1 is 0.964 bits per heavy atom. The van der Waals surface area contributed by atoms with Crippen molar-refractivity contribution in [3.05, 3.63) is 99.4 Å². The molecule has 140 valence electrons. The summed E-state index contributed by atoms with van der Waals surface area (Å²) in [5.74, 6) is 0.561. The van der Waals surface area contributed by atoms with Gasteiger partial charge in [-0.15, -0.1) is 10.2 Å². The van der Waals surface area contributed by atoms with Crippen LogP contribution in [-0.4, -0.2) is 20.5 Å². The third kappa shape index (κ3) is 4.01. The number of carbonyl (C=O) groups is 1. The minimum absolute atomic E-state index is 0.187. The molecule has 4 rings (SSSR count). The van der Waals surface area contributed by atoms with E-state index in [0.29, 0.717) is 34.2 Å². The smallest absolute Gasteiger partial charge is 0.253 e. The minimum Gasteiger partial charge on any atom is -0.348 e. The van der Waals surface area contributed by atoms with E-state index in [-0.39, 0.29) is 5.91 Å². The molecule has 4 aromatic rings. The Morgan fingerprint density at radius 3 is 2.54 bits per heavy atom. The lowest BCUT2D eigenvalue weighted by Crippen LogP contribution is -2.23. The highest BCUT2D eigenvalue weighted by Gasteiger charge is 2.11. The quantitative estimate of drug-likeness (QED) is 0.524. The Hall–Kier alpha value is -2.89. The largest absolute Gasteiger partial charge is 0.348 e. The molecule has 0 aliphatic carbocycles. The Balaban J connectivity index is 1.54. The number of amides is 1. The first-order valence-electron chi connectivity index (χ1n) is 8.70. The van der Waals surface area contributed by atoms with Crippen molar-refractivity contribution in [3.63, 3.8) is 0 Å². The fourth-order valence-electron chi connectivity index (χ4n) is 2.90. The lowest BCUT2D eigenvalue weighted by Gasteiger charge is -2.08. The van der Waals surface area contributed by atoms with Crippen molar-refractivity contribution in [3.8, 4) is 0 Å². The second-order valence-corrected chi connectivity index (χ2v) is 7.18. The van der Waals surface area contributed by atoms with Gasteiger partial charge in [0.15, 0.2) is 5.65 Å². The van der Waals surface area contributed by atoms with E-state index in [2.05, 4.69) is 15.5 Å². The maximum Gasteiger partial charge on any atom is 0.253 e. The highest BCUT2D eigenvalue weighted by molar-refractivity contribution is 6.31. The summed E-state index contributed by atoms with van der Waals surface area (Å²) in [5, 5.41) is 12.6. The van der Waals surface area contributed by atoms with Crippen molar-refractivity contribution in [2.24, 2.45) is 0 Å². The van der Waals surface area contributed by atoms with Crippen LogP contribution >= 0.6 is 23.2 Å². The fourth-order valence-corrected chi connectivity index (χ4v) is 3.23. The molecular formula is C21H16Cl2N4O. The molecule has 0 atom stereocenters. The Labute approximate surface area is 171 Å². The number of hydrogen-bond acceptors (Lipinski definition) is 3. The van der Waals surface area contributed by atoms with Crippen LogP contribution < -0.4 is 5.32 Å². The average Bonchev–Trinajstić information content (AvgIpc) is 3.11. The van der Waals surface area contributed by atoms with E-state index in [4.69, 9.17) is 23.2 Å². The monoisotopic (exact) mass is 410 g/mol. The first kappa shape index (κ1) is 18.5. The third-order valence-electron chi connectivity index (χ3n) is 4.41. The number of aromatic nitrogens is 3. The number of rotatable bonds is 5. The molecule has 28 heavy (non-hydrogen) atoms. The van der Waals surface area contributed by atoms with Crippen LogP contribution in [0.3, 0.4) is 0 Å². The molecule has 0 spiro atoms. The molecule has 0 fully saturated rings. The zero-order valence-corrected chi connectivity index (χ0v) is 16.3. The molecule has 0 aliphatic heterocycles. The van der Waals surface area contributed by atoms with E-state index < -0.39 is 0 Å². The molecule has 0 unspecified atom stereocenters. The minimum atomic E-state index is -0.187. The zero-order valence-electron chi connectivity index (χ0n) is 14.8. The van der Waals surface area contributed by atoms with Gasteiger partial charge in [-0.25, -0.2) is 0 Å². The lowest BCUT2D eigenvalue weighted by molar-refractivity contribution is 0.0950. The summed E-state index contributed by atoms with van der Waals surface area (Å²) >= 11 is 12.1. The summed E-state index contributed by atoms with van der Waals surface area (Å²) in [6.07, 6.45) is 2.34. The predicted octanol–water partition coefficient (Wildman–Crippen LogP) is 4.56. The van der Waals surface area contributed by atoms with Gasteiger partial charge in [-0.05, 0) is 41.5 Å². The van der Waals surface area contributed by atoms with E-state index >= 15 is 0 Å². The van der Waals surface area contributed by atoms with Crippen molar-refractivity contribution in [2.45, 2.75) is 13.0 Å². The number of benzene rings is 2. The van der Waals surface area contributed by atoms with E-state index in [1.54, 1.807) is 24.4 Å². The van der Waals surface area contributed by atoms with Gasteiger partial charge < -0.3 is 5.32 Å². The molecule has 2 aromatic heterocycles. The molecule has 0 saturated heterocycles. The van der Waals surface area contributed by atoms with Gasteiger partial charge in [0.05, 0.1) is 5.56 Å². The van der Waals surface area contributed by atoms with Gasteiger partial charge in [0.1, 0.15) is 5.82 Å². The Kier molecular flexibility index (Phi) is 5.28. The van der Waals surface area contributed by atoms with Crippen LogP contribution in [0.4, 0.5) is 0 Å². The normalized spacial score (nSPS) is 10.9. The van der Waals surface area contributed by atoms with Crippen LogP contribution in [0.15, 0.2) is 66.9 Å². The van der Waals surface area contributed by atoms with Gasteiger partial charge in [0.25, 0.3) is 5.91 Å². The fraction of sp³-hybridized carbons (Fsp3) is 0.0952. The number of nitrogens with one attached hydrogen (secondary N) is 1. The molecule has 0 aliphatic rings. The topological polar surface area (TPSA) is 59.3 Å². The van der Waals surface area contributed by atoms with Gasteiger partial charge >= 0.3 is 0 Å². The van der Waals surface area contributed by atoms with Crippen LogP contribution in [0.25, 0.3) is 5.65 Å². The molecule has 2 heterocycles. The standard InChI is InChI=1S/C21H16Cl2N4O/c22-17-8-5-14(6-9-17)11-20-26-25-19-10-7-16(13-27(19)20)21(28)24-12-15-3-1-2-4-18(15)23/h1-10,13H,11-12H2,(H,24,28). The highest BCUT2D eigenvalue weighted by atomic mass is 35.5. The molecule has 0 saturated carbocycles. The van der Waals surface area contributed by atoms with Crippen molar-refractivity contribution >= 4 is 34.8 Å². The molecule has 0 radical (unpaired) electrons. The molecule has 0 bridgehead atoms. The molecule has 2 aromatic carbocycles. The highest BCUT2D eigenvalue weighted by Crippen LogP contribution is 2.16. The van der Waals surface area contributed by atoms with Gasteiger partial charge in [0.2, 0.25) is 0 Å². The van der Waals surface area contributed by atoms with Crippen LogP contribution in [0.5, 0.6) is 0 Å². The first-order chi connectivity index (χ1) is 13.6. The van der Waals surface area contributed by atoms with Gasteiger partial charge in [-0.2, -0.15) is 0 Å². The van der Waals surface area contributed by atoms with Crippen molar-refractivity contribution in [1.82, 2.24) is 19.9 Å². The molecule has 1 amide bonds. The van der Waals surface area contributed by atoms with Crippen molar-refractivity contribution in [1.29, 1.82) is 0 Å². The van der Waals surface area contributed by atoms with Gasteiger partial charge in [-0.1, -0.05) is 53.5 Å². The SMILES string of the molecule is O=C(NCc1ccccc1Cl)c1ccc2nnc(Cc3ccc(Cl)cc3)n2c1. The van der Waals surface area contributed by atoms with E-state index in [1.165, 1.54) is 0 Å². The first-order valence-corrected chi connectivity index (χ1v) is 9.45. The second-order valence-electron chi connectivity index (χ2n) is 6.34. The summed E-state index contributed by atoms with van der Waals surface area (Å²) < 4.78 is 1.83. The number of hydrogen-bond donors (Lipinski definition) is 1. The van der Waals surface area contributed by atoms with Crippen LogP contribution in [0.1, 0.15) is 27.3 Å². The molecule has 5 nitrogen and oxygen atoms in total. The van der Waals surface area contributed by atoms with Gasteiger partial charge in [0, 0.05) is 29.2 Å². The van der Waals surface area contributed by atoms with Crippen molar-refractivity contribution < 1.29 is 4.79 Å². The maximum absolute atomic E-state index is 12.6. The van der Waals surface area contributed by atoms with Gasteiger partial charge in [-0.3, -0.25) is 9.20 Å². The van der Waals surface area contributed by atoms with E-state index in [9.17, 15) is 4.79 Å². The summed E-state index contributed by atoms with van der Waals surface area (Å²) in [4.78, 5) is 12.6. The molecule has 7 heteroatoms. The summed E-state index contributed by atoms with van der Waals surface area (Å²) in [5.41, 5.74) is 3.14. The molecular weight excluding hydrogens is 395 g/mol. The average molecular weight is 411 g/mol. The maximum atomic E-state index is 12.6. The lowest BCUT2D eigenvalue weighted by atomic mass is 10.1. The number of nitrogens with zero attached hydrogens (tertiary/aromatic N) is 3.